The van der Waals surface area contributed by atoms with Crippen molar-refractivity contribution in [3.63, 3.8) is 0 Å². The Morgan fingerprint density at radius 2 is 1.64 bits per heavy atom. The molecular formula is C20H34N4O7S2. The Hall–Kier alpha value is -1.99. The number of aliphatic carboxylic acids is 2. The molecule has 0 aromatic rings. The molecule has 1 rings (SSSR count). The van der Waals surface area contributed by atoms with E-state index in [4.69, 9.17) is 10.8 Å². The van der Waals surface area contributed by atoms with E-state index in [1.807, 2.05) is 12.5 Å². The van der Waals surface area contributed by atoms with Crippen molar-refractivity contribution in [3.8, 4) is 0 Å². The summed E-state index contributed by atoms with van der Waals surface area (Å²) < 4.78 is 0. The lowest BCUT2D eigenvalue weighted by Crippen LogP contribution is -2.57. The molecule has 3 amide bonds. The molecule has 11 nitrogen and oxygen atoms in total. The zero-order valence-corrected chi connectivity index (χ0v) is 20.6. The minimum Gasteiger partial charge on any atom is -0.481 e. The Morgan fingerprint density at radius 1 is 1.00 bits per heavy atom. The maximum absolute atomic E-state index is 13.3. The molecule has 1 aliphatic rings. The van der Waals surface area contributed by atoms with Gasteiger partial charge in [0.05, 0.1) is 6.04 Å². The van der Waals surface area contributed by atoms with Crippen molar-refractivity contribution in [1.29, 1.82) is 0 Å². The zero-order chi connectivity index (χ0) is 25.0. The molecule has 188 valence electrons. The summed E-state index contributed by atoms with van der Waals surface area (Å²) in [6.07, 6.45) is 4.83. The minimum atomic E-state index is -1.37. The number of likely N-dealkylation sites (tertiary alicyclic amines) is 1. The predicted molar refractivity (Wildman–Crippen MR) is 127 cm³/mol. The second-order valence-corrected chi connectivity index (χ2v) is 9.72. The SMILES string of the molecule is CSCCC(N)C(=O)NC(CCSC)C(=O)N1CCCC1C(=O)NC(CCC(=O)O)C(=O)O. The smallest absolute Gasteiger partial charge is 0.326 e. The number of nitrogens with zero attached hydrogens (tertiary/aromatic N) is 1. The molecule has 0 saturated carbocycles. The molecule has 13 heteroatoms. The van der Waals surface area contributed by atoms with E-state index in [2.05, 4.69) is 10.6 Å². The molecule has 0 aliphatic carbocycles. The largest absolute Gasteiger partial charge is 0.481 e. The summed E-state index contributed by atoms with van der Waals surface area (Å²) in [5.41, 5.74) is 5.93. The van der Waals surface area contributed by atoms with E-state index in [0.29, 0.717) is 43.7 Å². The molecule has 1 fully saturated rings. The highest BCUT2D eigenvalue weighted by atomic mass is 32.2. The third-order valence-electron chi connectivity index (χ3n) is 5.29. The third kappa shape index (κ3) is 9.80. The first-order chi connectivity index (χ1) is 15.6. The van der Waals surface area contributed by atoms with Crippen molar-refractivity contribution >= 4 is 53.2 Å². The number of nitrogens with one attached hydrogen (secondary N) is 2. The van der Waals surface area contributed by atoms with Gasteiger partial charge in [-0.15, -0.1) is 0 Å². The van der Waals surface area contributed by atoms with Gasteiger partial charge in [-0.1, -0.05) is 0 Å². The topological polar surface area (TPSA) is 179 Å². The first-order valence-corrected chi connectivity index (χ1v) is 13.5. The maximum atomic E-state index is 13.3. The van der Waals surface area contributed by atoms with Crippen LogP contribution in [0.25, 0.3) is 0 Å². The van der Waals surface area contributed by atoms with Crippen LogP contribution in [0.2, 0.25) is 0 Å². The molecule has 6 N–H and O–H groups in total. The van der Waals surface area contributed by atoms with E-state index in [1.165, 1.54) is 16.7 Å². The molecule has 1 heterocycles. The second-order valence-electron chi connectivity index (χ2n) is 7.75. The standard InChI is InChI=1S/C20H34N4O7S2/c1-32-10-7-12(21)17(27)22-13(8-11-33-2)19(29)24-9-3-4-15(24)18(28)23-14(20(30)31)5-6-16(25)26/h12-15H,3-11,21H2,1-2H3,(H,22,27)(H,23,28)(H,25,26)(H,30,31). The van der Waals surface area contributed by atoms with Crippen LogP contribution in [0.15, 0.2) is 0 Å². The van der Waals surface area contributed by atoms with Crippen LogP contribution in [-0.4, -0.2) is 99.5 Å². The maximum Gasteiger partial charge on any atom is 0.326 e. The highest BCUT2D eigenvalue weighted by Gasteiger charge is 2.39. The van der Waals surface area contributed by atoms with E-state index < -0.39 is 60.2 Å². The van der Waals surface area contributed by atoms with Crippen LogP contribution in [0.5, 0.6) is 0 Å². The van der Waals surface area contributed by atoms with E-state index in [1.54, 1.807) is 11.8 Å². The number of hydrogen-bond acceptors (Lipinski definition) is 8. The fourth-order valence-corrected chi connectivity index (χ4v) is 4.41. The van der Waals surface area contributed by atoms with E-state index in [-0.39, 0.29) is 6.42 Å². The third-order valence-corrected chi connectivity index (χ3v) is 6.58. The Labute approximate surface area is 202 Å². The van der Waals surface area contributed by atoms with Crippen LogP contribution in [0, 0.1) is 0 Å². The zero-order valence-electron chi connectivity index (χ0n) is 19.0. The van der Waals surface area contributed by atoms with Gasteiger partial charge in [-0.2, -0.15) is 23.5 Å². The number of hydrogen-bond donors (Lipinski definition) is 5. The van der Waals surface area contributed by atoms with Gasteiger partial charge in [-0.3, -0.25) is 19.2 Å². The fourth-order valence-electron chi connectivity index (χ4n) is 3.44. The molecule has 0 aromatic carbocycles. The average molecular weight is 507 g/mol. The van der Waals surface area contributed by atoms with Crippen LogP contribution in [-0.2, 0) is 24.0 Å². The Kier molecular flexibility index (Phi) is 13.2. The van der Waals surface area contributed by atoms with Gasteiger partial charge in [-0.25, -0.2) is 4.79 Å². The highest BCUT2D eigenvalue weighted by Crippen LogP contribution is 2.20. The summed E-state index contributed by atoms with van der Waals surface area (Å²) in [4.78, 5) is 62.1. The normalized spacial score (nSPS) is 18.3. The summed E-state index contributed by atoms with van der Waals surface area (Å²) in [5.74, 6) is -2.68. The van der Waals surface area contributed by atoms with Crippen molar-refractivity contribution in [2.45, 2.75) is 62.7 Å². The van der Waals surface area contributed by atoms with Crippen LogP contribution in [0.1, 0.15) is 38.5 Å². The molecule has 33 heavy (non-hydrogen) atoms. The number of carboxylic acid groups (broad SMARTS) is 2. The minimum absolute atomic E-state index is 0.266. The molecule has 1 saturated heterocycles. The van der Waals surface area contributed by atoms with E-state index in [0.717, 1.165) is 0 Å². The highest BCUT2D eigenvalue weighted by molar-refractivity contribution is 7.98. The number of thioether (sulfide) groups is 2. The molecule has 0 radical (unpaired) electrons. The summed E-state index contributed by atoms with van der Waals surface area (Å²) >= 11 is 3.08. The molecule has 1 aliphatic heterocycles. The molecule has 4 atom stereocenters. The van der Waals surface area contributed by atoms with Crippen molar-refractivity contribution in [2.75, 3.05) is 30.6 Å². The molecule has 0 aromatic heterocycles. The van der Waals surface area contributed by atoms with Crippen molar-refractivity contribution in [2.24, 2.45) is 5.73 Å². The van der Waals surface area contributed by atoms with Gasteiger partial charge in [0.2, 0.25) is 17.7 Å². The predicted octanol–water partition coefficient (Wildman–Crippen LogP) is -0.270. The first kappa shape index (κ1) is 29.0. The summed E-state index contributed by atoms with van der Waals surface area (Å²) in [6.45, 7) is 0.300. The van der Waals surface area contributed by atoms with Gasteiger partial charge < -0.3 is 31.5 Å². The molecule has 0 bridgehead atoms. The van der Waals surface area contributed by atoms with Crippen molar-refractivity contribution in [3.05, 3.63) is 0 Å². The van der Waals surface area contributed by atoms with Crippen molar-refractivity contribution in [1.82, 2.24) is 15.5 Å². The Morgan fingerprint density at radius 3 is 2.21 bits per heavy atom. The lowest BCUT2D eigenvalue weighted by atomic mass is 10.1. The number of carbonyl (C=O) groups excluding carboxylic acids is 3. The van der Waals surface area contributed by atoms with Crippen molar-refractivity contribution < 1.29 is 34.2 Å². The van der Waals surface area contributed by atoms with Crippen LogP contribution < -0.4 is 16.4 Å². The summed E-state index contributed by atoms with van der Waals surface area (Å²) in [6, 6.07) is -3.85. The number of amides is 3. The van der Waals surface area contributed by atoms with Gasteiger partial charge in [0.1, 0.15) is 18.1 Å². The quantitative estimate of drug-likeness (QED) is 0.198. The lowest BCUT2D eigenvalue weighted by Gasteiger charge is -2.30. The van der Waals surface area contributed by atoms with Crippen LogP contribution in [0.4, 0.5) is 0 Å². The Balaban J connectivity index is 2.89. The fraction of sp³-hybridized carbons (Fsp3) is 0.750. The Bertz CT molecular complexity index is 710. The number of rotatable bonds is 15. The first-order valence-electron chi connectivity index (χ1n) is 10.7. The summed E-state index contributed by atoms with van der Waals surface area (Å²) in [5, 5.41) is 23.2. The van der Waals surface area contributed by atoms with Gasteiger partial charge in [0.15, 0.2) is 0 Å². The molecule has 0 spiro atoms. The lowest BCUT2D eigenvalue weighted by molar-refractivity contribution is -0.145. The van der Waals surface area contributed by atoms with Gasteiger partial charge in [0, 0.05) is 13.0 Å². The monoisotopic (exact) mass is 506 g/mol. The average Bonchev–Trinajstić information content (AvgIpc) is 3.26. The number of carbonyl (C=O) groups is 5. The van der Waals surface area contributed by atoms with Crippen LogP contribution in [0.3, 0.4) is 0 Å². The molecular weight excluding hydrogens is 472 g/mol. The number of carboxylic acids is 2. The second kappa shape index (κ2) is 15.0. The van der Waals surface area contributed by atoms with Gasteiger partial charge >= 0.3 is 11.9 Å². The molecule has 4 unspecified atom stereocenters. The van der Waals surface area contributed by atoms with Gasteiger partial charge in [0.25, 0.3) is 0 Å². The summed E-state index contributed by atoms with van der Waals surface area (Å²) in [7, 11) is 0. The van der Waals surface area contributed by atoms with Crippen LogP contribution >= 0.6 is 23.5 Å². The van der Waals surface area contributed by atoms with E-state index >= 15 is 0 Å². The van der Waals surface area contributed by atoms with E-state index in [9.17, 15) is 29.1 Å². The van der Waals surface area contributed by atoms with Gasteiger partial charge in [-0.05, 0) is 56.1 Å². The number of nitrogens with two attached hydrogens (primary N) is 1.